The molecule has 3 rings (SSSR count). The van der Waals surface area contributed by atoms with E-state index in [1.165, 1.54) is 0 Å². The number of hydrogen-bond acceptors (Lipinski definition) is 4. The van der Waals surface area contributed by atoms with E-state index < -0.39 is 0 Å². The number of pyridine rings is 1. The van der Waals surface area contributed by atoms with Crippen molar-refractivity contribution in [3.05, 3.63) is 30.5 Å². The molecule has 0 amide bonds. The molecule has 1 aliphatic rings. The number of nitrogen functional groups attached to an aromatic ring is 1. The molecule has 4 nitrogen and oxygen atoms in total. The zero-order valence-corrected chi connectivity index (χ0v) is 9.60. The molecule has 2 aromatic rings. The first kappa shape index (κ1) is 10.4. The maximum Gasteiger partial charge on any atom is 0.138 e. The maximum absolute atomic E-state index is 6.07. The van der Waals surface area contributed by atoms with Gasteiger partial charge in [-0.3, -0.25) is 0 Å². The fourth-order valence-corrected chi connectivity index (χ4v) is 2.25. The summed E-state index contributed by atoms with van der Waals surface area (Å²) in [6, 6.07) is 7.96. The Balaban J connectivity index is 2.14. The molecule has 0 spiro atoms. The molecule has 1 aliphatic heterocycles. The van der Waals surface area contributed by atoms with Crippen LogP contribution in [0.1, 0.15) is 0 Å². The Kier molecular flexibility index (Phi) is 2.57. The van der Waals surface area contributed by atoms with Crippen molar-refractivity contribution in [2.24, 2.45) is 0 Å². The van der Waals surface area contributed by atoms with Crippen LogP contribution in [0, 0.1) is 0 Å². The van der Waals surface area contributed by atoms with Crippen LogP contribution in [0.5, 0.6) is 0 Å². The molecule has 1 saturated heterocycles. The monoisotopic (exact) mass is 229 g/mol. The molecular weight excluding hydrogens is 214 g/mol. The lowest BCUT2D eigenvalue weighted by molar-refractivity contribution is 0.122. The topological polar surface area (TPSA) is 51.4 Å². The lowest BCUT2D eigenvalue weighted by Gasteiger charge is -2.29. The van der Waals surface area contributed by atoms with Gasteiger partial charge in [0.05, 0.1) is 13.2 Å². The molecule has 0 bridgehead atoms. The lowest BCUT2D eigenvalue weighted by Crippen LogP contribution is -2.36. The van der Waals surface area contributed by atoms with Crippen molar-refractivity contribution in [3.8, 4) is 0 Å². The largest absolute Gasteiger partial charge is 0.398 e. The van der Waals surface area contributed by atoms with Gasteiger partial charge in [-0.15, -0.1) is 0 Å². The predicted octanol–water partition coefficient (Wildman–Crippen LogP) is 1.65. The SMILES string of the molecule is Nc1cccc2ccnc(N3CCOCC3)c12. The number of hydrogen-bond donors (Lipinski definition) is 1. The fourth-order valence-electron chi connectivity index (χ4n) is 2.25. The minimum atomic E-state index is 0.755. The van der Waals surface area contributed by atoms with E-state index in [9.17, 15) is 0 Å². The van der Waals surface area contributed by atoms with E-state index >= 15 is 0 Å². The molecule has 2 N–H and O–H groups in total. The first-order valence-electron chi connectivity index (χ1n) is 5.82. The summed E-state index contributed by atoms with van der Waals surface area (Å²) in [7, 11) is 0. The predicted molar refractivity (Wildman–Crippen MR) is 69.2 cm³/mol. The first-order chi connectivity index (χ1) is 8.36. The molecule has 2 heterocycles. The molecule has 0 unspecified atom stereocenters. The average Bonchev–Trinajstić information content (AvgIpc) is 2.39. The summed E-state index contributed by atoms with van der Waals surface area (Å²) in [5.41, 5.74) is 6.85. The summed E-state index contributed by atoms with van der Waals surface area (Å²) in [6.45, 7) is 3.26. The number of morpholine rings is 1. The van der Waals surface area contributed by atoms with Gasteiger partial charge in [0, 0.05) is 30.4 Å². The smallest absolute Gasteiger partial charge is 0.138 e. The van der Waals surface area contributed by atoms with Crippen LogP contribution in [-0.4, -0.2) is 31.3 Å². The highest BCUT2D eigenvalue weighted by Crippen LogP contribution is 2.29. The van der Waals surface area contributed by atoms with Gasteiger partial charge in [0.25, 0.3) is 0 Å². The Morgan fingerprint density at radius 1 is 1.18 bits per heavy atom. The van der Waals surface area contributed by atoms with E-state index in [2.05, 4.69) is 16.0 Å². The van der Waals surface area contributed by atoms with Crippen LogP contribution in [0.15, 0.2) is 30.5 Å². The molecule has 17 heavy (non-hydrogen) atoms. The molecule has 1 aromatic carbocycles. The third-order valence-corrected chi connectivity index (χ3v) is 3.11. The quantitative estimate of drug-likeness (QED) is 0.755. The van der Waals surface area contributed by atoms with Crippen LogP contribution >= 0.6 is 0 Å². The third kappa shape index (κ3) is 1.80. The van der Waals surface area contributed by atoms with Crippen molar-refractivity contribution in [2.75, 3.05) is 36.9 Å². The van der Waals surface area contributed by atoms with Gasteiger partial charge in [-0.25, -0.2) is 4.98 Å². The number of rotatable bonds is 1. The van der Waals surface area contributed by atoms with Gasteiger partial charge in [0.2, 0.25) is 0 Å². The van der Waals surface area contributed by atoms with E-state index in [1.807, 2.05) is 24.4 Å². The number of aromatic nitrogens is 1. The molecule has 4 heteroatoms. The van der Waals surface area contributed by atoms with Gasteiger partial charge in [0.1, 0.15) is 5.82 Å². The van der Waals surface area contributed by atoms with E-state index in [-0.39, 0.29) is 0 Å². The zero-order chi connectivity index (χ0) is 11.7. The average molecular weight is 229 g/mol. The van der Waals surface area contributed by atoms with Crippen LogP contribution in [0.4, 0.5) is 11.5 Å². The second-order valence-corrected chi connectivity index (χ2v) is 4.18. The van der Waals surface area contributed by atoms with Crippen molar-refractivity contribution in [1.29, 1.82) is 0 Å². The Morgan fingerprint density at radius 3 is 2.82 bits per heavy atom. The van der Waals surface area contributed by atoms with Crippen molar-refractivity contribution >= 4 is 22.3 Å². The van der Waals surface area contributed by atoms with Gasteiger partial charge in [-0.2, -0.15) is 0 Å². The Labute approximate surface area is 100.0 Å². The summed E-state index contributed by atoms with van der Waals surface area (Å²) in [5.74, 6) is 0.976. The summed E-state index contributed by atoms with van der Waals surface area (Å²) < 4.78 is 5.36. The van der Waals surface area contributed by atoms with Crippen LogP contribution in [0.25, 0.3) is 10.8 Å². The van der Waals surface area contributed by atoms with Crippen LogP contribution in [0.2, 0.25) is 0 Å². The second-order valence-electron chi connectivity index (χ2n) is 4.18. The third-order valence-electron chi connectivity index (χ3n) is 3.11. The summed E-state index contributed by atoms with van der Waals surface area (Å²) in [5, 5.41) is 2.19. The zero-order valence-electron chi connectivity index (χ0n) is 9.60. The second kappa shape index (κ2) is 4.22. The molecular formula is C13H15N3O. The highest BCUT2D eigenvalue weighted by molar-refractivity contribution is 6.00. The van der Waals surface area contributed by atoms with Crippen molar-refractivity contribution in [3.63, 3.8) is 0 Å². The van der Waals surface area contributed by atoms with Gasteiger partial charge < -0.3 is 15.4 Å². The summed E-state index contributed by atoms with van der Waals surface area (Å²) >= 11 is 0. The highest BCUT2D eigenvalue weighted by Gasteiger charge is 2.16. The minimum absolute atomic E-state index is 0.755. The molecule has 0 radical (unpaired) electrons. The first-order valence-corrected chi connectivity index (χ1v) is 5.82. The number of nitrogens with two attached hydrogens (primary N) is 1. The molecule has 1 fully saturated rings. The standard InChI is InChI=1S/C13H15N3O/c14-11-3-1-2-10-4-5-15-13(12(10)11)16-6-8-17-9-7-16/h1-5H,6-9,14H2. The maximum atomic E-state index is 6.07. The molecule has 1 aromatic heterocycles. The molecule has 0 aliphatic carbocycles. The van der Waals surface area contributed by atoms with Crippen LogP contribution in [0.3, 0.4) is 0 Å². The fraction of sp³-hybridized carbons (Fsp3) is 0.308. The van der Waals surface area contributed by atoms with Gasteiger partial charge in [-0.1, -0.05) is 12.1 Å². The van der Waals surface area contributed by atoms with E-state index in [0.717, 1.165) is 48.6 Å². The van der Waals surface area contributed by atoms with E-state index in [0.29, 0.717) is 0 Å². The Bertz CT molecular complexity index is 530. The van der Waals surface area contributed by atoms with Gasteiger partial charge in [0.15, 0.2) is 0 Å². The van der Waals surface area contributed by atoms with Crippen molar-refractivity contribution < 1.29 is 4.74 Å². The van der Waals surface area contributed by atoms with E-state index in [1.54, 1.807) is 0 Å². The number of ether oxygens (including phenoxy) is 1. The van der Waals surface area contributed by atoms with Crippen LogP contribution < -0.4 is 10.6 Å². The van der Waals surface area contributed by atoms with E-state index in [4.69, 9.17) is 10.5 Å². The van der Waals surface area contributed by atoms with Crippen LogP contribution in [-0.2, 0) is 4.74 Å². The number of nitrogens with zero attached hydrogens (tertiary/aromatic N) is 2. The minimum Gasteiger partial charge on any atom is -0.398 e. The number of benzene rings is 1. The normalized spacial score (nSPS) is 16.4. The summed E-state index contributed by atoms with van der Waals surface area (Å²) in [6.07, 6.45) is 1.84. The highest BCUT2D eigenvalue weighted by atomic mass is 16.5. The van der Waals surface area contributed by atoms with Crippen molar-refractivity contribution in [1.82, 2.24) is 4.98 Å². The summed E-state index contributed by atoms with van der Waals surface area (Å²) in [4.78, 5) is 6.72. The number of anilines is 2. The number of fused-ring (bicyclic) bond motifs is 1. The lowest BCUT2D eigenvalue weighted by atomic mass is 10.1. The van der Waals surface area contributed by atoms with Gasteiger partial charge in [-0.05, 0) is 17.5 Å². The van der Waals surface area contributed by atoms with Crippen molar-refractivity contribution in [2.45, 2.75) is 0 Å². The molecule has 0 atom stereocenters. The Hall–Kier alpha value is -1.81. The Morgan fingerprint density at radius 2 is 2.00 bits per heavy atom. The van der Waals surface area contributed by atoms with Gasteiger partial charge >= 0.3 is 0 Å². The molecule has 0 saturated carbocycles. The molecule has 88 valence electrons.